The smallest absolute Gasteiger partial charge is 0.348 e. The Hall–Kier alpha value is -2.22. The van der Waals surface area contributed by atoms with E-state index in [0.717, 1.165) is 36.2 Å². The number of unbranched alkanes of at least 4 members (excludes halogenated alkanes) is 3. The Morgan fingerprint density at radius 1 is 1.20 bits per heavy atom. The van der Waals surface area contributed by atoms with E-state index in [2.05, 4.69) is 24.0 Å². The Labute approximate surface area is 177 Å². The number of aliphatic hydroxyl groups excluding tert-OH is 2. The summed E-state index contributed by atoms with van der Waals surface area (Å²) < 4.78 is 11.8. The number of allylic oxidation sites excluding steroid dienone is 1. The fourth-order valence-electron chi connectivity index (χ4n) is 4.46. The van der Waals surface area contributed by atoms with E-state index in [1.165, 1.54) is 12.8 Å². The summed E-state index contributed by atoms with van der Waals surface area (Å²) in [5.74, 6) is 1.20. The second kappa shape index (κ2) is 9.29. The van der Waals surface area contributed by atoms with Crippen molar-refractivity contribution < 1.29 is 24.5 Å². The van der Waals surface area contributed by atoms with E-state index >= 15 is 0 Å². The number of aliphatic imine (C=N–C) groups is 1. The van der Waals surface area contributed by atoms with Gasteiger partial charge in [0.15, 0.2) is 0 Å². The molecule has 0 bridgehead atoms. The predicted octanol–water partition coefficient (Wildman–Crippen LogP) is 3.32. The molecular formula is C23H30N2O5. The minimum Gasteiger partial charge on any atom is -0.446 e. The summed E-state index contributed by atoms with van der Waals surface area (Å²) >= 11 is 0. The third-order valence-electron chi connectivity index (χ3n) is 6.08. The number of fused-ring (bicyclic) bond motifs is 1. The second-order valence-corrected chi connectivity index (χ2v) is 8.17. The van der Waals surface area contributed by atoms with Crippen molar-refractivity contribution in [3.05, 3.63) is 41.7 Å². The van der Waals surface area contributed by atoms with Gasteiger partial charge in [-0.3, -0.25) is 4.90 Å². The van der Waals surface area contributed by atoms with Crippen LogP contribution in [0.3, 0.4) is 0 Å². The molecular weight excluding hydrogens is 384 g/mol. The van der Waals surface area contributed by atoms with E-state index in [1.54, 1.807) is 4.90 Å². The van der Waals surface area contributed by atoms with E-state index in [-0.39, 0.29) is 18.9 Å². The minimum absolute atomic E-state index is 0.153. The third-order valence-corrected chi connectivity index (χ3v) is 6.08. The highest BCUT2D eigenvalue weighted by atomic mass is 16.5. The van der Waals surface area contributed by atoms with Gasteiger partial charge in [0.1, 0.15) is 18.1 Å². The van der Waals surface area contributed by atoms with Crippen LogP contribution >= 0.6 is 0 Å². The lowest BCUT2D eigenvalue weighted by Crippen LogP contribution is -2.47. The molecule has 0 spiro atoms. The van der Waals surface area contributed by atoms with E-state index in [0.29, 0.717) is 12.4 Å². The van der Waals surface area contributed by atoms with Crippen molar-refractivity contribution in [2.45, 2.75) is 63.9 Å². The molecule has 7 nitrogen and oxygen atoms in total. The lowest BCUT2D eigenvalue weighted by Gasteiger charge is -2.32. The SMILES string of the molecule is CCCCCCC1=C(c2ccccc2)C2CN([C@H]3C[C@H](O)[C@@H](CO)O3)C(=O)N=C2O1. The molecule has 0 radical (unpaired) electrons. The molecule has 2 N–H and O–H groups in total. The molecule has 2 amide bonds. The molecule has 1 aromatic carbocycles. The van der Waals surface area contributed by atoms with Crippen LogP contribution in [0, 0.1) is 5.92 Å². The van der Waals surface area contributed by atoms with Crippen LogP contribution in [-0.4, -0.2) is 58.6 Å². The van der Waals surface area contributed by atoms with Crippen LogP contribution < -0.4 is 0 Å². The van der Waals surface area contributed by atoms with Crippen LogP contribution in [0.5, 0.6) is 0 Å². The van der Waals surface area contributed by atoms with Crippen LogP contribution in [0.4, 0.5) is 4.79 Å². The molecule has 7 heteroatoms. The van der Waals surface area contributed by atoms with Crippen LogP contribution in [0.2, 0.25) is 0 Å². The summed E-state index contributed by atoms with van der Waals surface area (Å²) in [6.45, 7) is 2.29. The zero-order valence-corrected chi connectivity index (χ0v) is 17.4. The number of benzene rings is 1. The average Bonchev–Trinajstić information content (AvgIpc) is 3.30. The number of carbonyl (C=O) groups is 1. The van der Waals surface area contributed by atoms with E-state index < -0.39 is 24.5 Å². The van der Waals surface area contributed by atoms with Crippen LogP contribution in [0.15, 0.2) is 41.1 Å². The van der Waals surface area contributed by atoms with Gasteiger partial charge in [0, 0.05) is 25.0 Å². The first-order chi connectivity index (χ1) is 14.6. The van der Waals surface area contributed by atoms with Gasteiger partial charge < -0.3 is 19.7 Å². The van der Waals surface area contributed by atoms with Crippen molar-refractivity contribution in [3.63, 3.8) is 0 Å². The summed E-state index contributed by atoms with van der Waals surface area (Å²) in [6, 6.07) is 9.69. The molecule has 3 aliphatic rings. The largest absolute Gasteiger partial charge is 0.446 e. The molecule has 4 rings (SSSR count). The first-order valence-electron chi connectivity index (χ1n) is 10.9. The predicted molar refractivity (Wildman–Crippen MR) is 113 cm³/mol. The molecule has 1 aromatic rings. The molecule has 30 heavy (non-hydrogen) atoms. The maximum atomic E-state index is 12.7. The molecule has 1 saturated heterocycles. The lowest BCUT2D eigenvalue weighted by molar-refractivity contribution is -0.0646. The number of hydrogen-bond acceptors (Lipinski definition) is 5. The fourth-order valence-corrected chi connectivity index (χ4v) is 4.46. The topological polar surface area (TPSA) is 91.6 Å². The molecule has 0 aromatic heterocycles. The molecule has 0 aliphatic carbocycles. The molecule has 1 unspecified atom stereocenters. The second-order valence-electron chi connectivity index (χ2n) is 8.17. The highest BCUT2D eigenvalue weighted by Crippen LogP contribution is 2.41. The summed E-state index contributed by atoms with van der Waals surface area (Å²) in [7, 11) is 0. The average molecular weight is 415 g/mol. The van der Waals surface area contributed by atoms with Crippen LogP contribution in [0.25, 0.3) is 5.57 Å². The number of nitrogens with zero attached hydrogens (tertiary/aromatic N) is 2. The Morgan fingerprint density at radius 3 is 2.70 bits per heavy atom. The zero-order valence-electron chi connectivity index (χ0n) is 17.4. The Balaban J connectivity index is 1.59. The van der Waals surface area contributed by atoms with Crippen molar-refractivity contribution in [1.82, 2.24) is 4.90 Å². The normalized spacial score (nSPS) is 28.6. The van der Waals surface area contributed by atoms with Crippen molar-refractivity contribution in [2.75, 3.05) is 13.2 Å². The van der Waals surface area contributed by atoms with Gasteiger partial charge in [-0.05, 0) is 12.0 Å². The Morgan fingerprint density at radius 2 is 2.00 bits per heavy atom. The summed E-state index contributed by atoms with van der Waals surface area (Å²) in [5.41, 5.74) is 2.16. The molecule has 1 fully saturated rings. The number of rotatable bonds is 8. The summed E-state index contributed by atoms with van der Waals surface area (Å²) in [6.07, 6.45) is 3.56. The van der Waals surface area contributed by atoms with Gasteiger partial charge >= 0.3 is 6.03 Å². The number of hydrogen-bond donors (Lipinski definition) is 2. The molecule has 3 heterocycles. The number of aliphatic hydroxyl groups is 2. The zero-order chi connectivity index (χ0) is 21.1. The lowest BCUT2D eigenvalue weighted by atomic mass is 9.90. The Bertz CT molecular complexity index is 822. The van der Waals surface area contributed by atoms with E-state index in [1.807, 2.05) is 18.2 Å². The van der Waals surface area contributed by atoms with Gasteiger partial charge in [0.2, 0.25) is 5.90 Å². The van der Waals surface area contributed by atoms with Crippen molar-refractivity contribution >= 4 is 17.5 Å². The summed E-state index contributed by atoms with van der Waals surface area (Å²) in [5, 5.41) is 19.5. The first kappa shape index (κ1) is 21.0. The Kier molecular flexibility index (Phi) is 6.51. The number of amides is 2. The van der Waals surface area contributed by atoms with Crippen molar-refractivity contribution in [2.24, 2.45) is 10.9 Å². The quantitative estimate of drug-likeness (QED) is 0.637. The van der Waals surface area contributed by atoms with Gasteiger partial charge in [-0.25, -0.2) is 4.79 Å². The minimum atomic E-state index is -0.795. The van der Waals surface area contributed by atoms with E-state index in [9.17, 15) is 15.0 Å². The van der Waals surface area contributed by atoms with Gasteiger partial charge in [-0.1, -0.05) is 56.5 Å². The third kappa shape index (κ3) is 4.15. The number of urea groups is 1. The van der Waals surface area contributed by atoms with Crippen LogP contribution in [-0.2, 0) is 9.47 Å². The first-order valence-corrected chi connectivity index (χ1v) is 10.9. The molecule has 162 valence electrons. The standard InChI is InChI=1S/C23H30N2O5/c1-2-3-4-8-11-18-21(15-9-6-5-7-10-15)16-13-25(23(28)24-22(16)30-18)20-12-17(27)19(14-26)29-20/h5-7,9-10,16-17,19-20,26-27H,2-4,8,11-14H2,1H3/t16?,17-,19+,20+/m0/s1. The summed E-state index contributed by atoms with van der Waals surface area (Å²) in [4.78, 5) is 18.5. The van der Waals surface area contributed by atoms with Gasteiger partial charge in [0.25, 0.3) is 0 Å². The highest BCUT2D eigenvalue weighted by molar-refractivity contribution is 6.04. The molecule has 3 aliphatic heterocycles. The maximum Gasteiger partial charge on any atom is 0.348 e. The fraction of sp³-hybridized carbons (Fsp3) is 0.565. The van der Waals surface area contributed by atoms with Crippen molar-refractivity contribution in [3.8, 4) is 0 Å². The monoisotopic (exact) mass is 414 g/mol. The molecule has 4 atom stereocenters. The van der Waals surface area contributed by atoms with Crippen LogP contribution in [0.1, 0.15) is 51.0 Å². The number of ether oxygens (including phenoxy) is 2. The van der Waals surface area contributed by atoms with Gasteiger partial charge in [-0.15, -0.1) is 0 Å². The molecule has 0 saturated carbocycles. The van der Waals surface area contributed by atoms with Crippen molar-refractivity contribution in [1.29, 1.82) is 0 Å². The highest BCUT2D eigenvalue weighted by Gasteiger charge is 2.45. The van der Waals surface area contributed by atoms with Gasteiger partial charge in [-0.2, -0.15) is 4.99 Å². The maximum absolute atomic E-state index is 12.7. The van der Waals surface area contributed by atoms with E-state index in [4.69, 9.17) is 9.47 Å². The number of carbonyl (C=O) groups excluding carboxylic acids is 1. The van der Waals surface area contributed by atoms with Gasteiger partial charge in [0.05, 0.1) is 18.6 Å².